The average molecular weight is 301 g/mol. The Morgan fingerprint density at radius 3 is 2.95 bits per heavy atom. The first-order valence-corrected chi connectivity index (χ1v) is 7.55. The molecule has 1 aliphatic rings. The van der Waals surface area contributed by atoms with Crippen molar-refractivity contribution in [2.24, 2.45) is 0 Å². The Morgan fingerprint density at radius 2 is 2.30 bits per heavy atom. The van der Waals surface area contributed by atoms with E-state index in [1.165, 1.54) is 6.07 Å². The second-order valence-electron chi connectivity index (χ2n) is 5.00. The van der Waals surface area contributed by atoms with Crippen molar-refractivity contribution >= 4 is 11.6 Å². The summed E-state index contributed by atoms with van der Waals surface area (Å²) in [5.41, 5.74) is 0.624. The van der Waals surface area contributed by atoms with Gasteiger partial charge in [0.15, 0.2) is 0 Å². The molecule has 1 saturated heterocycles. The van der Waals surface area contributed by atoms with Crippen LogP contribution in [0.4, 0.5) is 4.39 Å². The molecule has 0 aliphatic carbocycles. The Bertz CT molecular complexity index is 444. The van der Waals surface area contributed by atoms with E-state index in [0.717, 1.165) is 26.2 Å². The van der Waals surface area contributed by atoms with Crippen molar-refractivity contribution < 1.29 is 9.13 Å². The summed E-state index contributed by atoms with van der Waals surface area (Å²) < 4.78 is 20.0. The zero-order chi connectivity index (χ0) is 14.5. The predicted octanol–water partition coefficient (Wildman–Crippen LogP) is 2.85. The van der Waals surface area contributed by atoms with Crippen molar-refractivity contribution in [3.8, 4) is 0 Å². The number of nitrogens with one attached hydrogen (secondary N) is 1. The van der Waals surface area contributed by atoms with Crippen molar-refractivity contribution in [3.63, 3.8) is 0 Å². The minimum Gasteiger partial charge on any atom is -0.374 e. The van der Waals surface area contributed by atoms with Crippen molar-refractivity contribution in [1.29, 1.82) is 0 Å². The molecule has 1 heterocycles. The summed E-state index contributed by atoms with van der Waals surface area (Å²) in [7, 11) is 0. The van der Waals surface area contributed by atoms with Crippen LogP contribution in [-0.4, -0.2) is 43.8 Å². The van der Waals surface area contributed by atoms with Crippen molar-refractivity contribution in [2.75, 3.05) is 32.8 Å². The molecular formula is C15H22ClFN2O. The minimum atomic E-state index is -0.277. The number of morpholine rings is 1. The molecular weight excluding hydrogens is 279 g/mol. The second-order valence-corrected chi connectivity index (χ2v) is 5.44. The van der Waals surface area contributed by atoms with Crippen LogP contribution in [0.5, 0.6) is 0 Å². The Kier molecular flexibility index (Phi) is 5.78. The lowest BCUT2D eigenvalue weighted by Crippen LogP contribution is -2.48. The lowest BCUT2D eigenvalue weighted by molar-refractivity contribution is -0.0458. The van der Waals surface area contributed by atoms with Crippen LogP contribution in [-0.2, 0) is 4.74 Å². The van der Waals surface area contributed by atoms with Gasteiger partial charge in [0.25, 0.3) is 0 Å². The molecule has 1 aromatic rings. The maximum Gasteiger partial charge on any atom is 0.129 e. The topological polar surface area (TPSA) is 24.5 Å². The van der Waals surface area contributed by atoms with E-state index in [1.807, 2.05) is 6.92 Å². The molecule has 1 aromatic carbocycles. The molecule has 0 radical (unpaired) electrons. The highest BCUT2D eigenvalue weighted by atomic mass is 35.5. The van der Waals surface area contributed by atoms with Crippen LogP contribution < -0.4 is 5.32 Å². The third-order valence-electron chi connectivity index (χ3n) is 3.72. The van der Waals surface area contributed by atoms with Gasteiger partial charge in [0.1, 0.15) is 5.82 Å². The highest BCUT2D eigenvalue weighted by Crippen LogP contribution is 2.26. The molecule has 5 heteroatoms. The molecule has 20 heavy (non-hydrogen) atoms. The van der Waals surface area contributed by atoms with Gasteiger partial charge in [-0.15, -0.1) is 0 Å². The van der Waals surface area contributed by atoms with Crippen LogP contribution in [0.1, 0.15) is 25.5 Å². The molecule has 0 aromatic heterocycles. The third kappa shape index (κ3) is 3.70. The lowest BCUT2D eigenvalue weighted by Gasteiger charge is -2.37. The smallest absolute Gasteiger partial charge is 0.129 e. The number of ether oxygens (including phenoxy) is 1. The summed E-state index contributed by atoms with van der Waals surface area (Å²) >= 11 is 5.83. The van der Waals surface area contributed by atoms with E-state index >= 15 is 0 Å². The van der Waals surface area contributed by atoms with Gasteiger partial charge in [-0.05, 0) is 25.2 Å². The number of benzene rings is 1. The summed E-state index contributed by atoms with van der Waals surface area (Å²) in [5.74, 6) is -0.277. The molecule has 2 unspecified atom stereocenters. The highest BCUT2D eigenvalue weighted by molar-refractivity contribution is 6.30. The fraction of sp³-hybridized carbons (Fsp3) is 0.600. The zero-order valence-electron chi connectivity index (χ0n) is 12.0. The summed E-state index contributed by atoms with van der Waals surface area (Å²) in [5, 5.41) is 3.76. The van der Waals surface area contributed by atoms with Gasteiger partial charge in [0.05, 0.1) is 18.8 Å². The molecule has 1 N–H and O–H groups in total. The van der Waals surface area contributed by atoms with Crippen molar-refractivity contribution in [2.45, 2.75) is 26.0 Å². The number of nitrogens with zero attached hydrogens (tertiary/aromatic N) is 1. The van der Waals surface area contributed by atoms with Crippen LogP contribution in [0.25, 0.3) is 0 Å². The van der Waals surface area contributed by atoms with Crippen LogP contribution >= 0.6 is 11.6 Å². The number of likely N-dealkylation sites (N-methyl/N-ethyl adjacent to an activating group) is 2. The minimum absolute atomic E-state index is 0.0423. The van der Waals surface area contributed by atoms with Crippen molar-refractivity contribution in [3.05, 3.63) is 34.6 Å². The first kappa shape index (κ1) is 15.7. The number of hydrogen-bond acceptors (Lipinski definition) is 3. The molecule has 3 nitrogen and oxygen atoms in total. The monoisotopic (exact) mass is 300 g/mol. The maximum absolute atomic E-state index is 14.2. The Balaban J connectivity index is 2.21. The van der Waals surface area contributed by atoms with Gasteiger partial charge >= 0.3 is 0 Å². The highest BCUT2D eigenvalue weighted by Gasteiger charge is 2.29. The third-order valence-corrected chi connectivity index (χ3v) is 3.95. The van der Waals surface area contributed by atoms with E-state index in [1.54, 1.807) is 12.1 Å². The van der Waals surface area contributed by atoms with Gasteiger partial charge < -0.3 is 10.1 Å². The van der Waals surface area contributed by atoms with E-state index in [4.69, 9.17) is 16.3 Å². The second kappa shape index (κ2) is 7.36. The van der Waals surface area contributed by atoms with Gasteiger partial charge in [-0.2, -0.15) is 0 Å². The van der Waals surface area contributed by atoms with E-state index in [9.17, 15) is 4.39 Å². The first-order chi connectivity index (χ1) is 9.65. The van der Waals surface area contributed by atoms with E-state index in [0.29, 0.717) is 17.2 Å². The fourth-order valence-electron chi connectivity index (χ4n) is 2.64. The molecule has 1 aliphatic heterocycles. The fourth-order valence-corrected chi connectivity index (χ4v) is 2.79. The predicted molar refractivity (Wildman–Crippen MR) is 79.7 cm³/mol. The molecule has 0 spiro atoms. The van der Waals surface area contributed by atoms with Gasteiger partial charge in [-0.3, -0.25) is 4.90 Å². The van der Waals surface area contributed by atoms with Gasteiger partial charge in [-0.25, -0.2) is 4.39 Å². The summed E-state index contributed by atoms with van der Waals surface area (Å²) in [4.78, 5) is 2.33. The molecule has 0 bridgehead atoms. The summed E-state index contributed by atoms with van der Waals surface area (Å²) in [6.45, 7) is 8.34. The normalized spacial score (nSPS) is 21.9. The Labute approximate surface area is 125 Å². The van der Waals surface area contributed by atoms with Gasteiger partial charge in [0, 0.05) is 23.7 Å². The average Bonchev–Trinajstić information content (AvgIpc) is 2.45. The number of rotatable bonds is 5. The quantitative estimate of drug-likeness (QED) is 0.905. The van der Waals surface area contributed by atoms with Gasteiger partial charge in [-0.1, -0.05) is 31.5 Å². The van der Waals surface area contributed by atoms with E-state index in [2.05, 4.69) is 17.1 Å². The van der Waals surface area contributed by atoms with Crippen LogP contribution in [0.3, 0.4) is 0 Å². The summed E-state index contributed by atoms with van der Waals surface area (Å²) in [6.07, 6.45) is -0.0423. The Morgan fingerprint density at radius 1 is 1.50 bits per heavy atom. The van der Waals surface area contributed by atoms with Crippen LogP contribution in [0.15, 0.2) is 18.2 Å². The molecule has 2 rings (SSSR count). The van der Waals surface area contributed by atoms with Crippen molar-refractivity contribution in [1.82, 2.24) is 10.2 Å². The van der Waals surface area contributed by atoms with Crippen LogP contribution in [0.2, 0.25) is 5.02 Å². The lowest BCUT2D eigenvalue weighted by atomic mass is 9.99. The largest absolute Gasteiger partial charge is 0.374 e. The van der Waals surface area contributed by atoms with Crippen LogP contribution in [0, 0.1) is 5.82 Å². The molecule has 0 saturated carbocycles. The maximum atomic E-state index is 14.2. The molecule has 1 fully saturated rings. The zero-order valence-corrected chi connectivity index (χ0v) is 12.8. The first-order valence-electron chi connectivity index (χ1n) is 7.18. The van der Waals surface area contributed by atoms with Gasteiger partial charge in [0.2, 0.25) is 0 Å². The molecule has 2 atom stereocenters. The number of halogens is 2. The SMILES string of the molecule is CCNC(c1ccc(Cl)cc1F)C1CN(CC)CCO1. The number of hydrogen-bond donors (Lipinski definition) is 1. The summed E-state index contributed by atoms with van der Waals surface area (Å²) in [6, 6.07) is 4.69. The Hall–Kier alpha value is -0.680. The standard InChI is InChI=1S/C15H22ClFN2O/c1-3-18-15(12-6-5-11(16)9-13(12)17)14-10-19(4-2)7-8-20-14/h5-6,9,14-15,18H,3-4,7-8,10H2,1-2H3. The van der Waals surface area contributed by atoms with E-state index < -0.39 is 0 Å². The molecule has 0 amide bonds. The van der Waals surface area contributed by atoms with E-state index in [-0.39, 0.29) is 18.0 Å². The molecule has 112 valence electrons.